The first-order valence-corrected chi connectivity index (χ1v) is 7.96. The maximum atomic E-state index is 12.5. The van der Waals surface area contributed by atoms with Crippen LogP contribution in [-0.2, 0) is 7.05 Å². The van der Waals surface area contributed by atoms with Gasteiger partial charge in [-0.05, 0) is 38.1 Å². The summed E-state index contributed by atoms with van der Waals surface area (Å²) in [4.78, 5) is 16.8. The summed E-state index contributed by atoms with van der Waals surface area (Å²) in [6.07, 6.45) is 3.85. The number of nitrogens with one attached hydrogen (secondary N) is 1. The molecule has 1 aliphatic rings. The summed E-state index contributed by atoms with van der Waals surface area (Å²) in [5, 5.41) is 7.81. The SMILES string of the molecule is Cn1c(C2CCNCC2)cc(=O)n2nc(-c3ccccn3)cc12. The van der Waals surface area contributed by atoms with E-state index in [1.54, 1.807) is 12.3 Å². The first kappa shape index (κ1) is 14.1. The number of rotatable bonds is 2. The largest absolute Gasteiger partial charge is 0.333 e. The second kappa shape index (κ2) is 5.62. The molecule has 1 fully saturated rings. The van der Waals surface area contributed by atoms with Crippen LogP contribution < -0.4 is 10.9 Å². The topological polar surface area (TPSA) is 64.2 Å². The lowest BCUT2D eigenvalue weighted by atomic mass is 9.94. The van der Waals surface area contributed by atoms with Crippen LogP contribution >= 0.6 is 0 Å². The van der Waals surface area contributed by atoms with Crippen molar-refractivity contribution in [1.29, 1.82) is 0 Å². The average Bonchev–Trinajstić information content (AvgIpc) is 3.06. The highest BCUT2D eigenvalue weighted by atomic mass is 16.1. The van der Waals surface area contributed by atoms with E-state index >= 15 is 0 Å². The Morgan fingerprint density at radius 1 is 1.17 bits per heavy atom. The summed E-state index contributed by atoms with van der Waals surface area (Å²) in [6, 6.07) is 9.37. The lowest BCUT2D eigenvalue weighted by Crippen LogP contribution is -2.29. The van der Waals surface area contributed by atoms with Crippen molar-refractivity contribution in [2.75, 3.05) is 13.1 Å². The van der Waals surface area contributed by atoms with E-state index in [4.69, 9.17) is 0 Å². The smallest absolute Gasteiger partial charge is 0.274 e. The van der Waals surface area contributed by atoms with Crippen LogP contribution in [0.5, 0.6) is 0 Å². The minimum atomic E-state index is -0.0752. The summed E-state index contributed by atoms with van der Waals surface area (Å²) in [5.74, 6) is 0.423. The molecule has 0 bridgehead atoms. The number of pyridine rings is 1. The van der Waals surface area contributed by atoms with Gasteiger partial charge in [-0.3, -0.25) is 9.78 Å². The third-order valence-electron chi connectivity index (χ3n) is 4.59. The third kappa shape index (κ3) is 2.45. The zero-order chi connectivity index (χ0) is 15.8. The van der Waals surface area contributed by atoms with Gasteiger partial charge in [0.15, 0.2) is 0 Å². The van der Waals surface area contributed by atoms with Crippen molar-refractivity contribution < 1.29 is 0 Å². The first-order chi connectivity index (χ1) is 11.2. The Bertz CT molecular complexity index is 890. The molecule has 0 aromatic carbocycles. The quantitative estimate of drug-likeness (QED) is 0.780. The molecule has 0 atom stereocenters. The minimum Gasteiger partial charge on any atom is -0.333 e. The average molecular weight is 309 g/mol. The molecule has 4 heterocycles. The highest BCUT2D eigenvalue weighted by Gasteiger charge is 2.20. The molecule has 6 heteroatoms. The van der Waals surface area contributed by atoms with Gasteiger partial charge in [0.25, 0.3) is 5.56 Å². The highest BCUT2D eigenvalue weighted by molar-refractivity contribution is 5.60. The van der Waals surface area contributed by atoms with E-state index in [9.17, 15) is 4.79 Å². The molecule has 6 nitrogen and oxygen atoms in total. The maximum Gasteiger partial charge on any atom is 0.274 e. The van der Waals surface area contributed by atoms with Gasteiger partial charge in [0.2, 0.25) is 0 Å². The molecule has 0 radical (unpaired) electrons. The van der Waals surface area contributed by atoms with Crippen LogP contribution in [0.2, 0.25) is 0 Å². The lowest BCUT2D eigenvalue weighted by molar-refractivity contribution is 0.443. The van der Waals surface area contributed by atoms with E-state index in [0.717, 1.165) is 48.7 Å². The van der Waals surface area contributed by atoms with E-state index in [1.165, 1.54) is 4.52 Å². The normalized spacial score (nSPS) is 16.0. The molecule has 1 N–H and O–H groups in total. The summed E-state index contributed by atoms with van der Waals surface area (Å²) >= 11 is 0. The van der Waals surface area contributed by atoms with Crippen LogP contribution in [0.25, 0.3) is 17.0 Å². The lowest BCUT2D eigenvalue weighted by Gasteiger charge is -2.25. The zero-order valence-corrected chi connectivity index (χ0v) is 13.1. The van der Waals surface area contributed by atoms with Gasteiger partial charge in [-0.1, -0.05) is 6.07 Å². The van der Waals surface area contributed by atoms with E-state index in [2.05, 4.69) is 20.0 Å². The molecule has 0 saturated carbocycles. The number of hydrogen-bond donors (Lipinski definition) is 1. The number of nitrogens with zero attached hydrogens (tertiary/aromatic N) is 4. The fourth-order valence-electron chi connectivity index (χ4n) is 3.34. The molecule has 3 aromatic rings. The summed E-state index contributed by atoms with van der Waals surface area (Å²) < 4.78 is 3.56. The molecule has 0 unspecified atom stereocenters. The van der Waals surface area contributed by atoms with Gasteiger partial charge >= 0.3 is 0 Å². The Hall–Kier alpha value is -2.47. The molecule has 118 valence electrons. The minimum absolute atomic E-state index is 0.0752. The van der Waals surface area contributed by atoms with Crippen molar-refractivity contribution in [3.05, 3.63) is 52.6 Å². The fraction of sp³-hybridized carbons (Fsp3) is 0.353. The standard InChI is InChI=1S/C17H19N5O/c1-21-15(12-5-8-18-9-6-12)11-17(23)22-16(21)10-14(20-22)13-4-2-3-7-19-13/h2-4,7,10-12,18H,5-6,8-9H2,1H3. The van der Waals surface area contributed by atoms with Crippen molar-refractivity contribution >= 4 is 5.65 Å². The van der Waals surface area contributed by atoms with Crippen molar-refractivity contribution in [2.24, 2.45) is 7.05 Å². The Morgan fingerprint density at radius 3 is 2.74 bits per heavy atom. The summed E-state index contributed by atoms with van der Waals surface area (Å²) in [6.45, 7) is 2.00. The van der Waals surface area contributed by atoms with E-state index in [-0.39, 0.29) is 5.56 Å². The number of piperidine rings is 1. The molecule has 3 aromatic heterocycles. The van der Waals surface area contributed by atoms with Crippen LogP contribution in [0, 0.1) is 0 Å². The van der Waals surface area contributed by atoms with Crippen LogP contribution in [-0.4, -0.2) is 32.3 Å². The number of aromatic nitrogens is 4. The first-order valence-electron chi connectivity index (χ1n) is 7.96. The molecule has 0 amide bonds. The Labute approximate surface area is 133 Å². The Morgan fingerprint density at radius 2 is 2.00 bits per heavy atom. The molecular formula is C17H19N5O. The Balaban J connectivity index is 1.86. The molecule has 0 spiro atoms. The summed E-state index contributed by atoms with van der Waals surface area (Å²) in [5.41, 5.74) is 3.33. The molecule has 1 saturated heterocycles. The molecular weight excluding hydrogens is 290 g/mol. The molecule has 1 aliphatic heterocycles. The van der Waals surface area contributed by atoms with Crippen molar-refractivity contribution in [3.63, 3.8) is 0 Å². The van der Waals surface area contributed by atoms with Crippen molar-refractivity contribution in [2.45, 2.75) is 18.8 Å². The number of aryl methyl sites for hydroxylation is 1. The molecule has 0 aliphatic carbocycles. The predicted molar refractivity (Wildman–Crippen MR) is 88.5 cm³/mol. The van der Waals surface area contributed by atoms with Crippen LogP contribution in [0.1, 0.15) is 24.5 Å². The second-order valence-electron chi connectivity index (χ2n) is 6.01. The van der Waals surface area contributed by atoms with E-state index in [0.29, 0.717) is 5.92 Å². The highest BCUT2D eigenvalue weighted by Crippen LogP contribution is 2.25. The van der Waals surface area contributed by atoms with Gasteiger partial charge in [-0.25, -0.2) is 0 Å². The van der Waals surface area contributed by atoms with Crippen molar-refractivity contribution in [3.8, 4) is 11.4 Å². The van der Waals surface area contributed by atoms with Gasteiger partial charge in [-0.2, -0.15) is 9.61 Å². The van der Waals surface area contributed by atoms with Gasteiger partial charge in [0.05, 0.1) is 5.69 Å². The summed E-state index contributed by atoms with van der Waals surface area (Å²) in [7, 11) is 2.01. The van der Waals surface area contributed by atoms with Gasteiger partial charge in [0, 0.05) is 37.0 Å². The second-order valence-corrected chi connectivity index (χ2v) is 6.01. The van der Waals surface area contributed by atoms with Gasteiger partial charge in [0.1, 0.15) is 11.3 Å². The van der Waals surface area contributed by atoms with Crippen LogP contribution in [0.3, 0.4) is 0 Å². The van der Waals surface area contributed by atoms with Gasteiger partial charge in [-0.15, -0.1) is 0 Å². The zero-order valence-electron chi connectivity index (χ0n) is 13.1. The van der Waals surface area contributed by atoms with Gasteiger partial charge < -0.3 is 9.88 Å². The third-order valence-corrected chi connectivity index (χ3v) is 4.59. The van der Waals surface area contributed by atoms with E-state index < -0.39 is 0 Å². The number of fused-ring (bicyclic) bond motifs is 1. The van der Waals surface area contributed by atoms with Crippen LogP contribution in [0.15, 0.2) is 41.3 Å². The predicted octanol–water partition coefficient (Wildman–Crippen LogP) is 1.56. The molecule has 23 heavy (non-hydrogen) atoms. The van der Waals surface area contributed by atoms with Crippen molar-refractivity contribution in [1.82, 2.24) is 24.5 Å². The maximum absolute atomic E-state index is 12.5. The Kier molecular flexibility index (Phi) is 3.46. The molecule has 4 rings (SSSR count). The van der Waals surface area contributed by atoms with E-state index in [1.807, 2.05) is 31.3 Å². The fourth-order valence-corrected chi connectivity index (χ4v) is 3.34. The number of hydrogen-bond acceptors (Lipinski definition) is 4. The monoisotopic (exact) mass is 309 g/mol. The van der Waals surface area contributed by atoms with Crippen LogP contribution in [0.4, 0.5) is 0 Å².